The van der Waals surface area contributed by atoms with E-state index in [4.69, 9.17) is 5.73 Å². The van der Waals surface area contributed by atoms with Crippen molar-refractivity contribution in [2.75, 3.05) is 13.1 Å². The lowest BCUT2D eigenvalue weighted by atomic mass is 9.86. The van der Waals surface area contributed by atoms with Crippen LogP contribution in [0.5, 0.6) is 0 Å². The maximum Gasteiger partial charge on any atom is 0.0110 e. The first kappa shape index (κ1) is 12.4. The van der Waals surface area contributed by atoms with E-state index in [2.05, 4.69) is 11.8 Å². The summed E-state index contributed by atoms with van der Waals surface area (Å²) in [6.07, 6.45) is 11.4. The van der Waals surface area contributed by atoms with E-state index in [0.717, 1.165) is 31.1 Å². The first-order valence-electron chi connectivity index (χ1n) is 7.27. The van der Waals surface area contributed by atoms with Gasteiger partial charge in [-0.15, -0.1) is 0 Å². The monoisotopic (exact) mass is 224 g/mol. The molecule has 0 aromatic heterocycles. The zero-order chi connectivity index (χ0) is 11.4. The van der Waals surface area contributed by atoms with Crippen LogP contribution in [0.25, 0.3) is 0 Å². The minimum Gasteiger partial charge on any atom is -0.329 e. The second kappa shape index (κ2) is 6.02. The van der Waals surface area contributed by atoms with Crippen molar-refractivity contribution < 1.29 is 0 Å². The van der Waals surface area contributed by atoms with Gasteiger partial charge in [0.1, 0.15) is 0 Å². The van der Waals surface area contributed by atoms with Gasteiger partial charge in [0.05, 0.1) is 0 Å². The van der Waals surface area contributed by atoms with Gasteiger partial charge in [-0.1, -0.05) is 19.8 Å². The Hall–Kier alpha value is -0.0800. The van der Waals surface area contributed by atoms with Crippen molar-refractivity contribution in [1.29, 1.82) is 0 Å². The van der Waals surface area contributed by atoms with E-state index in [9.17, 15) is 0 Å². The Morgan fingerprint density at radius 3 is 2.06 bits per heavy atom. The normalized spacial score (nSPS) is 32.4. The Morgan fingerprint density at radius 1 is 0.938 bits per heavy atom. The molecule has 0 spiro atoms. The van der Waals surface area contributed by atoms with Crippen LogP contribution in [0.15, 0.2) is 0 Å². The summed E-state index contributed by atoms with van der Waals surface area (Å²) in [5, 5.41) is 0. The van der Waals surface area contributed by atoms with E-state index in [1.165, 1.54) is 51.4 Å². The van der Waals surface area contributed by atoms with E-state index >= 15 is 0 Å². The van der Waals surface area contributed by atoms with Crippen LogP contribution in [0.2, 0.25) is 0 Å². The molecule has 0 unspecified atom stereocenters. The summed E-state index contributed by atoms with van der Waals surface area (Å²) in [5.74, 6) is 0.958. The minimum absolute atomic E-state index is 0.836. The summed E-state index contributed by atoms with van der Waals surface area (Å²) in [5.41, 5.74) is 5.79. The smallest absolute Gasteiger partial charge is 0.0110 e. The first-order chi connectivity index (χ1) is 7.81. The molecule has 2 saturated carbocycles. The van der Waals surface area contributed by atoms with E-state index < -0.39 is 0 Å². The van der Waals surface area contributed by atoms with Crippen LogP contribution in [-0.4, -0.2) is 30.1 Å². The summed E-state index contributed by atoms with van der Waals surface area (Å²) < 4.78 is 0. The second-order valence-electron chi connectivity index (χ2n) is 5.88. The number of hydrogen-bond acceptors (Lipinski definition) is 2. The molecule has 2 rings (SSSR count). The molecule has 2 heteroatoms. The Bertz CT molecular complexity index is 191. The van der Waals surface area contributed by atoms with Gasteiger partial charge in [0.15, 0.2) is 0 Å². The summed E-state index contributed by atoms with van der Waals surface area (Å²) in [6.45, 7) is 4.37. The molecular formula is C14H28N2. The predicted molar refractivity (Wildman–Crippen MR) is 69.4 cm³/mol. The van der Waals surface area contributed by atoms with Gasteiger partial charge in [0.2, 0.25) is 0 Å². The molecule has 0 aromatic carbocycles. The molecule has 0 atom stereocenters. The average Bonchev–Trinajstić information content (AvgIpc) is 2.81. The van der Waals surface area contributed by atoms with Crippen molar-refractivity contribution in [2.24, 2.45) is 11.7 Å². The molecule has 0 heterocycles. The molecule has 0 radical (unpaired) electrons. The maximum atomic E-state index is 5.79. The third-order valence-corrected chi connectivity index (χ3v) is 4.64. The van der Waals surface area contributed by atoms with Crippen molar-refractivity contribution in [3.63, 3.8) is 0 Å². The molecular weight excluding hydrogens is 196 g/mol. The van der Waals surface area contributed by atoms with E-state index in [-0.39, 0.29) is 0 Å². The van der Waals surface area contributed by atoms with Crippen LogP contribution in [0, 0.1) is 5.92 Å². The van der Waals surface area contributed by atoms with Crippen LogP contribution in [-0.2, 0) is 0 Å². The van der Waals surface area contributed by atoms with Gasteiger partial charge in [0, 0.05) is 25.2 Å². The molecule has 0 amide bonds. The Kier molecular flexibility index (Phi) is 4.66. The van der Waals surface area contributed by atoms with Gasteiger partial charge in [-0.2, -0.15) is 0 Å². The van der Waals surface area contributed by atoms with Gasteiger partial charge in [0.25, 0.3) is 0 Å². The SMILES string of the molecule is CC1CCC(N(CCN)C2CCCC2)CC1. The molecule has 2 N–H and O–H groups in total. The molecule has 2 aliphatic rings. The fourth-order valence-corrected chi connectivity index (χ4v) is 3.62. The first-order valence-corrected chi connectivity index (χ1v) is 7.27. The fraction of sp³-hybridized carbons (Fsp3) is 1.00. The van der Waals surface area contributed by atoms with Gasteiger partial charge in [-0.3, -0.25) is 4.90 Å². The Labute approximate surface area is 101 Å². The lowest BCUT2D eigenvalue weighted by molar-refractivity contribution is 0.0982. The van der Waals surface area contributed by atoms with Crippen molar-refractivity contribution in [1.82, 2.24) is 4.90 Å². The average molecular weight is 224 g/mol. The van der Waals surface area contributed by atoms with Crippen LogP contribution in [0.3, 0.4) is 0 Å². The Balaban J connectivity index is 1.90. The summed E-state index contributed by atoms with van der Waals surface area (Å²) in [6, 6.07) is 1.71. The van der Waals surface area contributed by atoms with Crippen molar-refractivity contribution >= 4 is 0 Å². The number of nitrogens with two attached hydrogens (primary N) is 1. The topological polar surface area (TPSA) is 29.3 Å². The van der Waals surface area contributed by atoms with Crippen LogP contribution < -0.4 is 5.73 Å². The molecule has 16 heavy (non-hydrogen) atoms. The van der Waals surface area contributed by atoms with Crippen molar-refractivity contribution in [3.8, 4) is 0 Å². The van der Waals surface area contributed by atoms with E-state index in [1.54, 1.807) is 0 Å². The van der Waals surface area contributed by atoms with Gasteiger partial charge in [-0.05, 0) is 44.4 Å². The summed E-state index contributed by atoms with van der Waals surface area (Å²) >= 11 is 0. The third-order valence-electron chi connectivity index (χ3n) is 4.64. The highest BCUT2D eigenvalue weighted by atomic mass is 15.2. The fourth-order valence-electron chi connectivity index (χ4n) is 3.62. The third kappa shape index (κ3) is 2.98. The summed E-state index contributed by atoms with van der Waals surface area (Å²) in [4.78, 5) is 2.76. The molecule has 0 aliphatic heterocycles. The quantitative estimate of drug-likeness (QED) is 0.795. The maximum absolute atomic E-state index is 5.79. The van der Waals surface area contributed by atoms with Crippen LogP contribution in [0.1, 0.15) is 58.3 Å². The lowest BCUT2D eigenvalue weighted by Crippen LogP contribution is -2.46. The molecule has 94 valence electrons. The molecule has 0 bridgehead atoms. The number of hydrogen-bond donors (Lipinski definition) is 1. The zero-order valence-corrected chi connectivity index (χ0v) is 10.8. The summed E-state index contributed by atoms with van der Waals surface area (Å²) in [7, 11) is 0. The van der Waals surface area contributed by atoms with E-state index in [1.807, 2.05) is 0 Å². The molecule has 2 fully saturated rings. The minimum atomic E-state index is 0.836. The van der Waals surface area contributed by atoms with Gasteiger partial charge in [-0.25, -0.2) is 0 Å². The molecule has 2 aliphatic carbocycles. The van der Waals surface area contributed by atoms with Crippen molar-refractivity contribution in [3.05, 3.63) is 0 Å². The predicted octanol–water partition coefficient (Wildman–Crippen LogP) is 2.77. The molecule has 2 nitrogen and oxygen atoms in total. The largest absolute Gasteiger partial charge is 0.329 e. The number of rotatable bonds is 4. The molecule has 0 saturated heterocycles. The van der Waals surface area contributed by atoms with Gasteiger partial charge < -0.3 is 5.73 Å². The highest BCUT2D eigenvalue weighted by Crippen LogP contribution is 2.32. The second-order valence-corrected chi connectivity index (χ2v) is 5.88. The standard InChI is InChI=1S/C14H28N2/c1-12-6-8-14(9-7-12)16(11-10-15)13-4-2-3-5-13/h12-14H,2-11,15H2,1H3. The van der Waals surface area contributed by atoms with Crippen LogP contribution >= 0.6 is 0 Å². The van der Waals surface area contributed by atoms with E-state index in [0.29, 0.717) is 0 Å². The zero-order valence-electron chi connectivity index (χ0n) is 10.8. The number of nitrogens with zero attached hydrogens (tertiary/aromatic N) is 1. The Morgan fingerprint density at radius 2 is 1.50 bits per heavy atom. The lowest BCUT2D eigenvalue weighted by Gasteiger charge is -2.39. The molecule has 0 aromatic rings. The highest BCUT2D eigenvalue weighted by molar-refractivity contribution is 4.85. The van der Waals surface area contributed by atoms with Crippen LogP contribution in [0.4, 0.5) is 0 Å². The van der Waals surface area contributed by atoms with Gasteiger partial charge >= 0.3 is 0 Å². The highest BCUT2D eigenvalue weighted by Gasteiger charge is 2.30. The van der Waals surface area contributed by atoms with Crippen molar-refractivity contribution in [2.45, 2.75) is 70.4 Å².